The summed E-state index contributed by atoms with van der Waals surface area (Å²) < 4.78 is 11.8. The normalized spacial score (nSPS) is 13.6. The summed E-state index contributed by atoms with van der Waals surface area (Å²) in [5.74, 6) is -0.0654. The van der Waals surface area contributed by atoms with Gasteiger partial charge in [0.25, 0.3) is 0 Å². The molecular weight excluding hydrogens is 996 g/mol. The quantitative estimate of drug-likeness (QED) is 0.0299. The molecule has 386 valence electrons. The number of ether oxygens (including phenoxy) is 2. The zero-order valence-electron chi connectivity index (χ0n) is 43.9. The van der Waals surface area contributed by atoms with Crippen molar-refractivity contribution in [2.45, 2.75) is 101 Å². The van der Waals surface area contributed by atoms with Crippen LogP contribution in [0.4, 0.5) is 0 Å². The van der Waals surface area contributed by atoms with Gasteiger partial charge in [-0.1, -0.05) is 78.9 Å². The minimum absolute atomic E-state index is 0.0873. The van der Waals surface area contributed by atoms with Gasteiger partial charge in [0, 0.05) is 23.4 Å². The molecule has 0 saturated heterocycles. The van der Waals surface area contributed by atoms with Crippen LogP contribution in [-0.2, 0) is 21.6 Å². The topological polar surface area (TPSA) is 71.9 Å². The van der Waals surface area contributed by atoms with Crippen LogP contribution >= 0.6 is 20.8 Å². The molecule has 8 aromatic rings. The number of methoxy groups -OCH3 is 1. The fraction of sp³-hybridized carbons (Fsp3) is 0.333. The van der Waals surface area contributed by atoms with Crippen molar-refractivity contribution < 1.29 is 19.4 Å². The second-order valence-corrected chi connectivity index (χ2v) is 29.5. The molecule has 8 rings (SSSR count). The van der Waals surface area contributed by atoms with Crippen molar-refractivity contribution in [1.29, 1.82) is 0 Å². The fourth-order valence-electron chi connectivity index (χ4n) is 11.2. The molecule has 74 heavy (non-hydrogen) atoms. The molecule has 0 radical (unpaired) electrons. The summed E-state index contributed by atoms with van der Waals surface area (Å²) in [7, 11) is 5.76. The van der Waals surface area contributed by atoms with Gasteiger partial charge in [0.05, 0.1) is 19.2 Å². The molecule has 1 aromatic heterocycles. The Morgan fingerprint density at radius 3 is 1.78 bits per heavy atom. The number of hydrogen-bond acceptors (Lipinski definition) is 6. The van der Waals surface area contributed by atoms with Crippen molar-refractivity contribution in [3.8, 4) is 5.88 Å². The second kappa shape index (κ2) is 26.2. The Hall–Kier alpha value is -5.69. The third-order valence-electron chi connectivity index (χ3n) is 15.1. The summed E-state index contributed by atoms with van der Waals surface area (Å²) in [6, 6.07) is 66.7. The van der Waals surface area contributed by atoms with Crippen molar-refractivity contribution in [2.75, 3.05) is 40.5 Å². The van der Waals surface area contributed by atoms with Crippen LogP contribution in [0, 0.1) is 0 Å². The number of aryl methyl sites for hydroxylation is 1. The van der Waals surface area contributed by atoms with E-state index in [-0.39, 0.29) is 5.97 Å². The van der Waals surface area contributed by atoms with E-state index >= 15 is 0 Å². The summed E-state index contributed by atoms with van der Waals surface area (Å²) >= 11 is 4.60. The predicted octanol–water partition coefficient (Wildman–Crippen LogP) is 15.0. The van der Waals surface area contributed by atoms with E-state index in [1.807, 2.05) is 50.5 Å². The smallest absolute Gasteiger partial charge is 0.102 e. The number of aromatic nitrogens is 1. The third-order valence-corrected chi connectivity index (χ3v) is 25.2. The Morgan fingerprint density at radius 1 is 0.622 bits per heavy atom. The minimum atomic E-state index is -2.85. The molecule has 0 aliphatic carbocycles. The van der Waals surface area contributed by atoms with E-state index in [1.165, 1.54) is 53.6 Å². The number of aliphatic hydroxyl groups is 1. The molecule has 0 fully saturated rings. The zero-order chi connectivity index (χ0) is 51.7. The summed E-state index contributed by atoms with van der Waals surface area (Å²) in [6.45, 7) is 1.12. The van der Waals surface area contributed by atoms with E-state index in [9.17, 15) is 9.90 Å². The van der Waals surface area contributed by atoms with Gasteiger partial charge in [-0.15, -0.1) is 0 Å². The van der Waals surface area contributed by atoms with Crippen LogP contribution in [0.15, 0.2) is 188 Å². The molecule has 0 bridgehead atoms. The van der Waals surface area contributed by atoms with E-state index in [2.05, 4.69) is 172 Å². The SMILES string of the molecule is COc1nc2ccc(CCCCOC(=O)CCCCCCCCCCCP(Br)(c3ccccc3)(c3ccccc3)c3ccccc3)cc2cc1[C@@H](c1ccccc1)[C@@](O)(CCN(C)C)c1cccc2ccccc12. The molecule has 7 aromatic carbocycles. The van der Waals surface area contributed by atoms with Crippen LogP contribution in [0.3, 0.4) is 0 Å². The second-order valence-electron chi connectivity index (χ2n) is 20.5. The van der Waals surface area contributed by atoms with Gasteiger partial charge in [-0.05, 0) is 85.4 Å². The fourth-order valence-corrected chi connectivity index (χ4v) is 18.9. The number of nitrogens with zero attached hydrogens (tertiary/aromatic N) is 2. The maximum absolute atomic E-state index is 13.4. The van der Waals surface area contributed by atoms with E-state index in [4.69, 9.17) is 14.5 Å². The van der Waals surface area contributed by atoms with Crippen molar-refractivity contribution in [1.82, 2.24) is 9.88 Å². The molecule has 0 spiro atoms. The minimum Gasteiger partial charge on any atom is -0.384 e. The van der Waals surface area contributed by atoms with Crippen molar-refractivity contribution in [3.63, 3.8) is 0 Å². The molecule has 0 amide bonds. The van der Waals surface area contributed by atoms with Gasteiger partial charge in [0.2, 0.25) is 5.88 Å². The monoisotopic (exact) mass is 1070 g/mol. The summed E-state index contributed by atoms with van der Waals surface area (Å²) in [5.41, 5.74) is 3.44. The molecule has 8 heteroatoms. The van der Waals surface area contributed by atoms with Gasteiger partial charge < -0.3 is 19.5 Å². The molecule has 0 aliphatic heterocycles. The van der Waals surface area contributed by atoms with Crippen LogP contribution in [0.25, 0.3) is 21.7 Å². The Morgan fingerprint density at radius 2 is 1.18 bits per heavy atom. The first-order chi connectivity index (χ1) is 36.1. The molecule has 6 nitrogen and oxygen atoms in total. The van der Waals surface area contributed by atoms with Gasteiger partial charge in [-0.25, -0.2) is 4.98 Å². The summed E-state index contributed by atoms with van der Waals surface area (Å²) in [4.78, 5) is 19.9. The van der Waals surface area contributed by atoms with Gasteiger partial charge >= 0.3 is 204 Å². The van der Waals surface area contributed by atoms with Crippen LogP contribution in [0.1, 0.15) is 112 Å². The number of fused-ring (bicyclic) bond motifs is 2. The van der Waals surface area contributed by atoms with Crippen molar-refractivity contribution in [2.24, 2.45) is 0 Å². The number of halogens is 1. The number of hydrogen-bond donors (Lipinski definition) is 1. The number of carbonyl (C=O) groups is 1. The number of carbonyl (C=O) groups excluding carboxylic acids is 1. The zero-order valence-corrected chi connectivity index (χ0v) is 46.4. The van der Waals surface area contributed by atoms with Crippen LogP contribution in [0.2, 0.25) is 0 Å². The first-order valence-corrected chi connectivity index (χ1v) is 31.5. The third kappa shape index (κ3) is 12.9. The van der Waals surface area contributed by atoms with Crippen LogP contribution in [0.5, 0.6) is 5.88 Å². The van der Waals surface area contributed by atoms with Gasteiger partial charge in [-0.2, -0.15) is 0 Å². The number of rotatable bonds is 28. The molecule has 0 saturated carbocycles. The van der Waals surface area contributed by atoms with E-state index in [0.29, 0.717) is 31.9 Å². The Kier molecular flexibility index (Phi) is 19.3. The van der Waals surface area contributed by atoms with Crippen molar-refractivity contribution >= 4 is 64.4 Å². The largest absolute Gasteiger partial charge is 0.384 e. The molecule has 1 N–H and O–H groups in total. The predicted molar refractivity (Wildman–Crippen MR) is 317 cm³/mol. The average Bonchev–Trinajstić information content (AvgIpc) is 3.44. The van der Waals surface area contributed by atoms with Gasteiger partial charge in [0.15, 0.2) is 0 Å². The maximum atomic E-state index is 13.4. The number of benzene rings is 7. The maximum Gasteiger partial charge on any atom is 0.102 e. The molecule has 1 heterocycles. The van der Waals surface area contributed by atoms with Crippen LogP contribution in [-0.4, -0.2) is 61.5 Å². The average molecular weight is 1070 g/mol. The van der Waals surface area contributed by atoms with Gasteiger partial charge in [0.1, 0.15) is 5.60 Å². The van der Waals surface area contributed by atoms with E-state index in [0.717, 1.165) is 89.5 Å². The first kappa shape index (κ1) is 54.6. The molecular formula is C66H76BrN2O4P. The summed E-state index contributed by atoms with van der Waals surface area (Å²) in [6.07, 6.45) is 15.0. The van der Waals surface area contributed by atoms with E-state index in [1.54, 1.807) is 7.11 Å². The molecule has 0 unspecified atom stereocenters. The number of unbranched alkanes of at least 4 members (excludes halogenated alkanes) is 9. The van der Waals surface area contributed by atoms with Crippen molar-refractivity contribution in [3.05, 3.63) is 210 Å². The summed E-state index contributed by atoms with van der Waals surface area (Å²) in [5, 5.41) is 17.9. The first-order valence-electron chi connectivity index (χ1n) is 27.1. The Balaban J connectivity index is 0.791. The van der Waals surface area contributed by atoms with Crippen LogP contribution < -0.4 is 20.7 Å². The number of esters is 1. The Bertz CT molecular complexity index is 2910. The number of pyridine rings is 1. The Labute approximate surface area is 449 Å². The van der Waals surface area contributed by atoms with E-state index < -0.39 is 16.8 Å². The molecule has 0 aliphatic rings. The molecule has 2 atom stereocenters. The standard InChI is InChI=1S/C66H76BrN2O4P/c1-69(2)47-46-66(71,61-42-29-34-53-31-24-25-41-59(53)61)64(54-32-15-11-16-33-54)60-51-55-50-52(44-45-62(55)68-65(60)72-3)30-26-27-48-73-63(70)43-23-9-7-5-4-6-8-10-28-49-74(67,56-35-17-12-18-36-56,57-37-19-13-20-38-57)58-39-21-14-22-40-58/h11-22,24-25,29,31-42,44-45,50-51,64,71H,4-10,23,26-28,30,43,46-49H2,1-3H3/t64-,66-/m1/s1. The van der Waals surface area contributed by atoms with Gasteiger partial charge in [-0.3, -0.25) is 4.79 Å².